The maximum atomic E-state index is 13.0. The van der Waals surface area contributed by atoms with Gasteiger partial charge in [0.15, 0.2) is 0 Å². The average Bonchev–Trinajstić information content (AvgIpc) is 3.50. The maximum Gasteiger partial charge on any atom is 0.255 e. The number of nitrogens with two attached hydrogens (primary N) is 1. The summed E-state index contributed by atoms with van der Waals surface area (Å²) in [5, 5.41) is 13.9. The maximum absolute atomic E-state index is 13.0. The molecule has 0 aromatic heterocycles. The van der Waals surface area contributed by atoms with Crippen LogP contribution in [0.3, 0.4) is 0 Å². The number of likely N-dealkylation sites (tertiary alicyclic amines) is 1. The van der Waals surface area contributed by atoms with Crippen LogP contribution in [0.2, 0.25) is 0 Å². The Bertz CT molecular complexity index is 1140. The van der Waals surface area contributed by atoms with Crippen molar-refractivity contribution in [3.05, 3.63) is 70.8 Å². The second-order valence-corrected chi connectivity index (χ2v) is 9.58. The van der Waals surface area contributed by atoms with Crippen LogP contribution in [0.5, 0.6) is 0 Å². The van der Waals surface area contributed by atoms with Gasteiger partial charge in [0.2, 0.25) is 5.91 Å². The van der Waals surface area contributed by atoms with E-state index in [1.165, 1.54) is 11.8 Å². The smallest absolute Gasteiger partial charge is 0.255 e. The second kappa shape index (κ2) is 12.9. The van der Waals surface area contributed by atoms with Gasteiger partial charge in [0.25, 0.3) is 5.91 Å². The van der Waals surface area contributed by atoms with Crippen LogP contribution in [0.25, 0.3) is 0 Å². The number of amides is 2. The molecule has 1 fully saturated rings. The molecule has 2 aliphatic heterocycles. The van der Waals surface area contributed by atoms with Crippen molar-refractivity contribution in [2.24, 2.45) is 16.9 Å². The molecule has 2 aromatic carbocycles. The summed E-state index contributed by atoms with van der Waals surface area (Å²) in [6.07, 6.45) is 3.73. The van der Waals surface area contributed by atoms with E-state index in [4.69, 9.17) is 11.3 Å². The number of nitrogens with one attached hydrogen (secondary N) is 2. The molecular formula is C28H36N6O3. The molecule has 4 N–H and O–H groups in total. The summed E-state index contributed by atoms with van der Waals surface area (Å²) in [6.45, 7) is 5.79. The summed E-state index contributed by atoms with van der Waals surface area (Å²) in [5.41, 5.74) is 3.97. The molecule has 1 saturated heterocycles. The fraction of sp³-hybridized carbons (Fsp3) is 0.393. The number of fused-ring (bicyclic) bond motifs is 1. The van der Waals surface area contributed by atoms with Crippen LogP contribution in [-0.2, 0) is 22.7 Å². The molecule has 2 atom stereocenters. The van der Waals surface area contributed by atoms with Crippen LogP contribution in [-0.4, -0.2) is 65.5 Å². The molecule has 9 heteroatoms. The predicted molar refractivity (Wildman–Crippen MR) is 144 cm³/mol. The quantitative estimate of drug-likeness (QED) is 0.220. The third-order valence-electron chi connectivity index (χ3n) is 6.66. The Morgan fingerprint density at radius 2 is 1.92 bits per heavy atom. The van der Waals surface area contributed by atoms with Crippen molar-refractivity contribution in [1.82, 2.24) is 15.1 Å². The Labute approximate surface area is 218 Å². The van der Waals surface area contributed by atoms with E-state index in [0.29, 0.717) is 30.8 Å². The summed E-state index contributed by atoms with van der Waals surface area (Å²) in [6, 6.07) is 14.4. The first-order valence-corrected chi connectivity index (χ1v) is 12.5. The molecule has 196 valence electrons. The molecule has 37 heavy (non-hydrogen) atoms. The van der Waals surface area contributed by atoms with E-state index in [1.54, 1.807) is 9.80 Å². The fourth-order valence-electron chi connectivity index (χ4n) is 4.81. The Hall–Kier alpha value is -3.85. The van der Waals surface area contributed by atoms with Crippen molar-refractivity contribution in [3.8, 4) is 0 Å². The monoisotopic (exact) mass is 504 g/mol. The van der Waals surface area contributed by atoms with Gasteiger partial charge in [-0.3, -0.25) is 15.0 Å². The first-order valence-electron chi connectivity index (χ1n) is 12.5. The standard InChI is InChI=1S/C18H22N2O3.C10H14N4/c1-12(2)16(18(23)19-9-5-7-14(19)11-21)20-10-13-6-3-4-8-15(13)17(20)22;1-13-6-8-2-4-9(5-3-8)10(11)7-14-12/h3-4,6,8,11-12,14,16H,5,7,9-10H2,1-2H3;2-5,7,11,13H,6,12H2,1H3/b;11-10?,14-7-. The molecule has 2 amide bonds. The van der Waals surface area contributed by atoms with E-state index in [2.05, 4.69) is 10.4 Å². The van der Waals surface area contributed by atoms with Gasteiger partial charge in [-0.15, -0.1) is 0 Å². The van der Waals surface area contributed by atoms with Crippen molar-refractivity contribution in [3.63, 3.8) is 0 Å². The predicted octanol–water partition coefficient (Wildman–Crippen LogP) is 2.58. The molecule has 2 aliphatic rings. The number of rotatable bonds is 8. The number of hydrogen-bond acceptors (Lipinski definition) is 7. The van der Waals surface area contributed by atoms with Crippen molar-refractivity contribution in [1.29, 1.82) is 5.41 Å². The van der Waals surface area contributed by atoms with Gasteiger partial charge in [0.05, 0.1) is 18.0 Å². The molecule has 0 radical (unpaired) electrons. The summed E-state index contributed by atoms with van der Waals surface area (Å²) < 4.78 is 0. The van der Waals surface area contributed by atoms with Crippen LogP contribution < -0.4 is 11.2 Å². The third-order valence-corrected chi connectivity index (χ3v) is 6.66. The van der Waals surface area contributed by atoms with Gasteiger partial charge in [-0.25, -0.2) is 0 Å². The molecule has 0 bridgehead atoms. The van der Waals surface area contributed by atoms with Gasteiger partial charge >= 0.3 is 0 Å². The number of hydrazone groups is 1. The van der Waals surface area contributed by atoms with Gasteiger partial charge in [0.1, 0.15) is 12.3 Å². The van der Waals surface area contributed by atoms with E-state index < -0.39 is 6.04 Å². The Balaban J connectivity index is 0.000000233. The van der Waals surface area contributed by atoms with Gasteiger partial charge in [0, 0.05) is 30.8 Å². The van der Waals surface area contributed by atoms with Crippen LogP contribution in [0.1, 0.15) is 53.7 Å². The van der Waals surface area contributed by atoms with E-state index in [9.17, 15) is 14.4 Å². The van der Waals surface area contributed by atoms with Gasteiger partial charge in [-0.2, -0.15) is 5.10 Å². The highest BCUT2D eigenvalue weighted by molar-refractivity contribution is 6.36. The van der Waals surface area contributed by atoms with Crippen LogP contribution in [0.15, 0.2) is 53.6 Å². The summed E-state index contributed by atoms with van der Waals surface area (Å²) in [4.78, 5) is 40.2. The zero-order valence-electron chi connectivity index (χ0n) is 21.7. The lowest BCUT2D eigenvalue weighted by Gasteiger charge is -2.34. The zero-order valence-corrected chi connectivity index (χ0v) is 21.7. The highest BCUT2D eigenvalue weighted by Gasteiger charge is 2.42. The number of hydrogen-bond donors (Lipinski definition) is 3. The molecule has 2 unspecified atom stereocenters. The van der Waals surface area contributed by atoms with E-state index in [1.807, 2.05) is 69.4 Å². The lowest BCUT2D eigenvalue weighted by atomic mass is 10.0. The zero-order chi connectivity index (χ0) is 26.9. The Kier molecular flexibility index (Phi) is 9.68. The van der Waals surface area contributed by atoms with E-state index in [0.717, 1.165) is 30.4 Å². The third kappa shape index (κ3) is 6.48. The molecule has 4 rings (SSSR count). The topological polar surface area (TPSA) is 132 Å². The molecule has 2 aromatic rings. The number of carbonyl (C=O) groups excluding carboxylic acids is 3. The largest absolute Gasteiger partial charge is 0.331 e. The van der Waals surface area contributed by atoms with Crippen molar-refractivity contribution >= 4 is 30.0 Å². The Morgan fingerprint density at radius 1 is 1.22 bits per heavy atom. The highest BCUT2D eigenvalue weighted by Crippen LogP contribution is 2.29. The van der Waals surface area contributed by atoms with Crippen molar-refractivity contribution < 1.29 is 14.4 Å². The first kappa shape index (κ1) is 27.7. The summed E-state index contributed by atoms with van der Waals surface area (Å²) in [5.74, 6) is 4.77. The van der Waals surface area contributed by atoms with Crippen LogP contribution in [0.4, 0.5) is 0 Å². The number of nitrogens with zero attached hydrogens (tertiary/aromatic N) is 3. The molecule has 0 spiro atoms. The number of carbonyl (C=O) groups is 3. The highest BCUT2D eigenvalue weighted by atomic mass is 16.2. The SMILES string of the molecule is CC(C)C(C(=O)N1CCCC1C=O)N1Cc2ccccc2C1=O.CNCc1ccc(C(=N)/C=N\N)cc1. The van der Waals surface area contributed by atoms with Gasteiger partial charge in [-0.05, 0) is 43.0 Å². The van der Waals surface area contributed by atoms with Gasteiger partial charge in [-0.1, -0.05) is 56.3 Å². The molecular weight excluding hydrogens is 468 g/mol. The first-order chi connectivity index (χ1) is 17.8. The second-order valence-electron chi connectivity index (χ2n) is 9.58. The van der Waals surface area contributed by atoms with E-state index in [-0.39, 0.29) is 23.8 Å². The summed E-state index contributed by atoms with van der Waals surface area (Å²) >= 11 is 0. The van der Waals surface area contributed by atoms with Crippen LogP contribution >= 0.6 is 0 Å². The van der Waals surface area contributed by atoms with E-state index >= 15 is 0 Å². The summed E-state index contributed by atoms with van der Waals surface area (Å²) in [7, 11) is 1.90. The number of aldehydes is 1. The van der Waals surface area contributed by atoms with Gasteiger partial charge < -0.3 is 25.8 Å². The molecule has 2 heterocycles. The Morgan fingerprint density at radius 3 is 2.51 bits per heavy atom. The average molecular weight is 505 g/mol. The lowest BCUT2D eigenvalue weighted by Crippen LogP contribution is -2.52. The van der Waals surface area contributed by atoms with Crippen molar-refractivity contribution in [2.45, 2.75) is 51.9 Å². The normalized spacial score (nSPS) is 17.5. The minimum Gasteiger partial charge on any atom is -0.331 e. The minimum absolute atomic E-state index is 0.00587. The fourth-order valence-corrected chi connectivity index (χ4v) is 4.81. The molecule has 0 saturated carbocycles. The van der Waals surface area contributed by atoms with Crippen molar-refractivity contribution in [2.75, 3.05) is 13.6 Å². The number of benzene rings is 2. The van der Waals surface area contributed by atoms with Crippen LogP contribution in [0, 0.1) is 11.3 Å². The molecule has 9 nitrogen and oxygen atoms in total. The minimum atomic E-state index is -0.518. The lowest BCUT2D eigenvalue weighted by molar-refractivity contribution is -0.140. The molecule has 0 aliphatic carbocycles.